The zero-order valence-corrected chi connectivity index (χ0v) is 4.71. The maximum atomic E-state index is 4.85. The third-order valence-electron chi connectivity index (χ3n) is 0. The summed E-state index contributed by atoms with van der Waals surface area (Å²) in [6.07, 6.45) is 0. The Bertz CT molecular complexity index is 8.00. The maximum absolute atomic E-state index is 4.85. The average molecular weight is 165 g/mol. The molecule has 0 atom stereocenters. The number of hydrogen-bond donors (Lipinski definition) is 0. The molecule has 0 unspecified atom stereocenters. The number of rotatable bonds is 0. The Labute approximate surface area is 41.5 Å². The zero-order chi connectivity index (χ0) is 3.58. The summed E-state index contributed by atoms with van der Waals surface area (Å²) in [7, 11) is 13.5. The molecule has 0 amide bonds. The van der Waals surface area contributed by atoms with E-state index in [0.717, 1.165) is 0 Å². The molecule has 0 N–H and O–H groups in total. The molecule has 0 aromatic rings. The van der Waals surface area contributed by atoms with Crippen molar-refractivity contribution in [3.63, 3.8) is 0 Å². The molecule has 0 fully saturated rings. The predicted octanol–water partition coefficient (Wildman–Crippen LogP) is 2.07. The molecule has 0 aliphatic carbocycles. The normalized spacial score (nSPS) is 11.2. The van der Waals surface area contributed by atoms with Gasteiger partial charge in [-0.15, -0.1) is 0 Å². The minimum absolute atomic E-state index is 1.04. The van der Waals surface area contributed by atoms with Crippen molar-refractivity contribution in [2.75, 3.05) is 0 Å². The molecule has 0 rings (SSSR count). The quantitative estimate of drug-likeness (QED) is 0.482. The van der Waals surface area contributed by atoms with Gasteiger partial charge in [0.25, 0.3) is 0 Å². The Morgan fingerprint density at radius 3 is 1.00 bits per heavy atom. The second-order valence-corrected chi connectivity index (χ2v) is 5.03. The van der Waals surface area contributed by atoms with Crippen LogP contribution in [0.4, 0.5) is 0 Å². The molecule has 4 heavy (non-hydrogen) atoms. The fraction of sp³-hybridized carbons (Fsp3) is 0. The Morgan fingerprint density at radius 1 is 1.00 bits per heavy atom. The van der Waals surface area contributed by atoms with E-state index in [2.05, 4.69) is 0 Å². The van der Waals surface area contributed by atoms with Crippen molar-refractivity contribution in [3.05, 3.63) is 0 Å². The van der Waals surface area contributed by atoms with E-state index in [1.165, 1.54) is 0 Å². The first-order valence-electron chi connectivity index (χ1n) is 0.359. The molecule has 0 nitrogen and oxygen atoms in total. The number of halogens is 3. The predicted molar refractivity (Wildman–Crippen MR) is 17.6 cm³/mol. The second-order valence-electron chi connectivity index (χ2n) is 0.136. The molecule has 0 aliphatic heterocycles. The van der Waals surface area contributed by atoms with Crippen molar-refractivity contribution < 1.29 is 10.7 Å². The summed E-state index contributed by atoms with van der Waals surface area (Å²) < 4.78 is 0. The Balaban J connectivity index is 2.32. The van der Waals surface area contributed by atoms with E-state index < -0.39 is 10.7 Å². The Morgan fingerprint density at radius 2 is 1.00 bits per heavy atom. The topological polar surface area (TPSA) is 0 Å². The molecule has 0 saturated heterocycles. The van der Waals surface area contributed by atoms with Crippen LogP contribution in [0.2, 0.25) is 0 Å². The van der Waals surface area contributed by atoms with Crippen LogP contribution in [0.25, 0.3) is 0 Å². The third kappa shape index (κ3) is 10.1. The van der Waals surface area contributed by atoms with Crippen LogP contribution in [0.15, 0.2) is 0 Å². The fourth-order valence-electron chi connectivity index (χ4n) is 0. The standard InChI is InChI=1S/3ClH.Ni/h3*1H;/q;;;+2/p-3. The van der Waals surface area contributed by atoms with Crippen LogP contribution in [-0.4, -0.2) is 0 Å². The van der Waals surface area contributed by atoms with E-state index >= 15 is 0 Å². The summed E-state index contributed by atoms with van der Waals surface area (Å²) >= 11 is 0. The van der Waals surface area contributed by atoms with Crippen molar-refractivity contribution in [1.82, 2.24) is 0 Å². The van der Waals surface area contributed by atoms with E-state index in [4.69, 9.17) is 30.6 Å². The van der Waals surface area contributed by atoms with Crippen molar-refractivity contribution in [1.29, 1.82) is 0 Å². The van der Waals surface area contributed by atoms with Gasteiger partial charge in [0, 0.05) is 0 Å². The molecule has 0 aromatic carbocycles. The van der Waals surface area contributed by atoms with E-state index in [-0.39, 0.29) is 0 Å². The van der Waals surface area contributed by atoms with Crippen LogP contribution in [0.1, 0.15) is 0 Å². The second kappa shape index (κ2) is 2.59. The van der Waals surface area contributed by atoms with Gasteiger partial charge in [0.15, 0.2) is 0 Å². The molecule has 32 valence electrons. The molecular weight excluding hydrogens is 165 g/mol. The van der Waals surface area contributed by atoms with Gasteiger partial charge in [-0.3, -0.25) is 0 Å². The van der Waals surface area contributed by atoms with Gasteiger partial charge in [0.05, 0.1) is 0 Å². The van der Waals surface area contributed by atoms with Gasteiger partial charge < -0.3 is 0 Å². The van der Waals surface area contributed by atoms with E-state index in [1.807, 2.05) is 0 Å². The molecular formula is Cl3Ni-. The molecule has 0 spiro atoms. The van der Waals surface area contributed by atoms with E-state index in [1.54, 1.807) is 0 Å². The van der Waals surface area contributed by atoms with Gasteiger partial charge in [-0.1, -0.05) is 0 Å². The first-order chi connectivity index (χ1) is 1.73. The van der Waals surface area contributed by atoms with Crippen molar-refractivity contribution >= 4 is 30.6 Å². The first kappa shape index (κ1) is 5.36. The van der Waals surface area contributed by atoms with Crippen LogP contribution < -0.4 is 0 Å². The van der Waals surface area contributed by atoms with Gasteiger partial charge in [-0.2, -0.15) is 0 Å². The molecule has 0 saturated carbocycles. The molecule has 0 aromatic heterocycles. The van der Waals surface area contributed by atoms with Crippen LogP contribution in [0.3, 0.4) is 0 Å². The Kier molecular flexibility index (Phi) is 3.48. The van der Waals surface area contributed by atoms with E-state index in [0.29, 0.717) is 0 Å². The summed E-state index contributed by atoms with van der Waals surface area (Å²) in [5.41, 5.74) is 0. The number of hydrogen-bond acceptors (Lipinski definition) is 0. The molecule has 0 heterocycles. The van der Waals surface area contributed by atoms with Crippen molar-refractivity contribution in [3.8, 4) is 0 Å². The van der Waals surface area contributed by atoms with Gasteiger partial charge in [-0.05, 0) is 0 Å². The minimum atomic E-state index is -1.04. The summed E-state index contributed by atoms with van der Waals surface area (Å²) in [5.74, 6) is 0. The summed E-state index contributed by atoms with van der Waals surface area (Å²) in [5, 5.41) is 0. The van der Waals surface area contributed by atoms with Crippen LogP contribution in [0.5, 0.6) is 0 Å². The fourth-order valence-corrected chi connectivity index (χ4v) is 0. The van der Waals surface area contributed by atoms with Crippen molar-refractivity contribution in [2.24, 2.45) is 0 Å². The van der Waals surface area contributed by atoms with Crippen molar-refractivity contribution in [2.45, 2.75) is 0 Å². The zero-order valence-electron chi connectivity index (χ0n) is 1.45. The van der Waals surface area contributed by atoms with Crippen LogP contribution in [0, 0.1) is 0 Å². The Hall–Kier alpha value is 1.36. The summed E-state index contributed by atoms with van der Waals surface area (Å²) in [6, 6.07) is 0. The first-order valence-corrected chi connectivity index (χ1v) is 4.44. The van der Waals surface area contributed by atoms with Crippen LogP contribution >= 0.6 is 30.6 Å². The van der Waals surface area contributed by atoms with Gasteiger partial charge in [0.1, 0.15) is 0 Å². The van der Waals surface area contributed by atoms with E-state index in [9.17, 15) is 0 Å². The molecule has 0 bridgehead atoms. The molecule has 4 heteroatoms. The van der Waals surface area contributed by atoms with Gasteiger partial charge >= 0.3 is 41.3 Å². The summed E-state index contributed by atoms with van der Waals surface area (Å²) in [4.78, 5) is 0. The van der Waals surface area contributed by atoms with Gasteiger partial charge in [-0.25, -0.2) is 0 Å². The summed E-state index contributed by atoms with van der Waals surface area (Å²) in [6.45, 7) is 0. The van der Waals surface area contributed by atoms with Gasteiger partial charge in [0.2, 0.25) is 0 Å². The van der Waals surface area contributed by atoms with Crippen LogP contribution in [-0.2, 0) is 10.7 Å². The average Bonchev–Trinajstić information content (AvgIpc) is 0.811. The molecule has 0 aliphatic rings. The monoisotopic (exact) mass is 163 g/mol. The molecule has 0 radical (unpaired) electrons. The third-order valence-corrected chi connectivity index (χ3v) is 0. The SMILES string of the molecule is [Cl][Ni-]([Cl])[Cl].